The minimum absolute atomic E-state index is 0.353. The third kappa shape index (κ3) is 2.07. The maximum absolute atomic E-state index is 5.59. The van der Waals surface area contributed by atoms with Crippen molar-refractivity contribution < 1.29 is 9.47 Å². The van der Waals surface area contributed by atoms with Gasteiger partial charge in [0.25, 0.3) is 0 Å². The molecule has 0 aliphatic carbocycles. The van der Waals surface area contributed by atoms with Crippen molar-refractivity contribution in [3.63, 3.8) is 0 Å². The van der Waals surface area contributed by atoms with Gasteiger partial charge in [0.05, 0.1) is 12.3 Å². The maximum atomic E-state index is 5.59. The van der Waals surface area contributed by atoms with E-state index in [1.807, 2.05) is 6.07 Å². The monoisotopic (exact) mass is 271 g/mol. The molecule has 0 amide bonds. The predicted molar refractivity (Wildman–Crippen MR) is 60.8 cm³/mol. The van der Waals surface area contributed by atoms with Crippen LogP contribution in [0.25, 0.3) is 0 Å². The average molecular weight is 272 g/mol. The van der Waals surface area contributed by atoms with Gasteiger partial charge < -0.3 is 9.47 Å². The zero-order chi connectivity index (χ0) is 10.9. The van der Waals surface area contributed by atoms with E-state index in [1.165, 1.54) is 5.56 Å². The van der Waals surface area contributed by atoms with Gasteiger partial charge in [-0.1, -0.05) is 0 Å². The molecule has 15 heavy (non-hydrogen) atoms. The summed E-state index contributed by atoms with van der Waals surface area (Å²) in [5, 5.41) is 0. The molecular weight excluding hydrogens is 258 g/mol. The van der Waals surface area contributed by atoms with Crippen LogP contribution in [0.3, 0.4) is 0 Å². The summed E-state index contributed by atoms with van der Waals surface area (Å²) in [5.74, 6) is 0. The van der Waals surface area contributed by atoms with Gasteiger partial charge in [-0.2, -0.15) is 0 Å². The Morgan fingerprint density at radius 2 is 2.33 bits per heavy atom. The molecule has 2 heterocycles. The molecule has 4 heteroatoms. The van der Waals surface area contributed by atoms with Crippen molar-refractivity contribution in [1.82, 2.24) is 4.98 Å². The molecule has 1 saturated heterocycles. The van der Waals surface area contributed by atoms with Gasteiger partial charge >= 0.3 is 0 Å². The molecule has 0 N–H and O–H groups in total. The Morgan fingerprint density at radius 3 is 2.87 bits per heavy atom. The summed E-state index contributed by atoms with van der Waals surface area (Å²) in [6.45, 7) is 3.38. The number of rotatable bonds is 2. The maximum Gasteiger partial charge on any atom is 0.135 e. The number of pyridine rings is 1. The lowest BCUT2D eigenvalue weighted by Gasteiger charge is -2.25. The van der Waals surface area contributed by atoms with E-state index in [1.54, 1.807) is 7.11 Å². The van der Waals surface area contributed by atoms with Crippen molar-refractivity contribution in [2.24, 2.45) is 0 Å². The molecule has 0 radical (unpaired) electrons. The predicted octanol–water partition coefficient (Wildman–Crippen LogP) is 2.41. The highest BCUT2D eigenvalue weighted by Crippen LogP contribution is 2.33. The van der Waals surface area contributed by atoms with Crippen molar-refractivity contribution in [2.45, 2.75) is 18.9 Å². The lowest BCUT2D eigenvalue weighted by molar-refractivity contribution is -0.0247. The summed E-state index contributed by atoms with van der Waals surface area (Å²) in [4.78, 5) is 4.47. The fraction of sp³-hybridized carbons (Fsp3) is 0.545. The first kappa shape index (κ1) is 11.0. The lowest BCUT2D eigenvalue weighted by Crippen LogP contribution is -2.30. The normalized spacial score (nSPS) is 25.8. The van der Waals surface area contributed by atoms with Crippen LogP contribution in [0, 0.1) is 6.92 Å². The molecule has 1 fully saturated rings. The number of hydrogen-bond acceptors (Lipinski definition) is 3. The van der Waals surface area contributed by atoms with Gasteiger partial charge in [0, 0.05) is 20.1 Å². The Balaban J connectivity index is 2.42. The molecule has 1 aliphatic heterocycles. The average Bonchev–Trinajstić information content (AvgIpc) is 2.65. The Hall–Kier alpha value is -0.450. The number of hydrogen-bond donors (Lipinski definition) is 0. The quantitative estimate of drug-likeness (QED) is 0.775. The van der Waals surface area contributed by atoms with E-state index in [4.69, 9.17) is 9.47 Å². The first-order valence-corrected chi connectivity index (χ1v) is 5.73. The molecule has 1 aliphatic rings. The summed E-state index contributed by atoms with van der Waals surface area (Å²) in [5.41, 5.74) is 1.78. The number of aryl methyl sites for hydroxylation is 1. The van der Waals surface area contributed by atoms with E-state index < -0.39 is 0 Å². The third-order valence-electron chi connectivity index (χ3n) is 2.78. The highest BCUT2D eigenvalue weighted by atomic mass is 79.9. The van der Waals surface area contributed by atoms with Crippen LogP contribution in [-0.2, 0) is 15.1 Å². The second-order valence-corrected chi connectivity index (χ2v) is 4.67. The van der Waals surface area contributed by atoms with E-state index in [2.05, 4.69) is 33.9 Å². The van der Waals surface area contributed by atoms with E-state index in [9.17, 15) is 0 Å². The molecule has 1 aromatic rings. The van der Waals surface area contributed by atoms with Crippen molar-refractivity contribution >= 4 is 15.9 Å². The minimum Gasteiger partial charge on any atom is -0.378 e. The van der Waals surface area contributed by atoms with Crippen molar-refractivity contribution in [2.75, 3.05) is 20.3 Å². The van der Waals surface area contributed by atoms with Gasteiger partial charge in [-0.15, -0.1) is 0 Å². The van der Waals surface area contributed by atoms with E-state index >= 15 is 0 Å². The lowest BCUT2D eigenvalue weighted by atomic mass is 9.97. The smallest absolute Gasteiger partial charge is 0.135 e. The fourth-order valence-corrected chi connectivity index (χ4v) is 2.42. The van der Waals surface area contributed by atoms with Crippen LogP contribution in [0.15, 0.2) is 16.7 Å². The summed E-state index contributed by atoms with van der Waals surface area (Å²) in [6, 6.07) is 4.05. The van der Waals surface area contributed by atoms with Gasteiger partial charge in [0.2, 0.25) is 0 Å². The van der Waals surface area contributed by atoms with Crippen LogP contribution in [0.1, 0.15) is 17.7 Å². The fourth-order valence-electron chi connectivity index (χ4n) is 1.87. The first-order valence-electron chi connectivity index (χ1n) is 4.94. The summed E-state index contributed by atoms with van der Waals surface area (Å²) >= 11 is 3.41. The van der Waals surface area contributed by atoms with Crippen LogP contribution in [-0.4, -0.2) is 25.3 Å². The highest BCUT2D eigenvalue weighted by Gasteiger charge is 2.38. The molecule has 2 rings (SSSR count). The first-order chi connectivity index (χ1) is 7.16. The van der Waals surface area contributed by atoms with E-state index in [-0.39, 0.29) is 5.60 Å². The van der Waals surface area contributed by atoms with E-state index in [0.717, 1.165) is 23.3 Å². The summed E-state index contributed by atoms with van der Waals surface area (Å²) in [6.07, 6.45) is 0.867. The molecule has 1 atom stereocenters. The molecule has 0 spiro atoms. The summed E-state index contributed by atoms with van der Waals surface area (Å²) in [7, 11) is 1.71. The van der Waals surface area contributed by atoms with Crippen LogP contribution >= 0.6 is 15.9 Å². The molecule has 0 bridgehead atoms. The number of halogens is 1. The molecule has 0 unspecified atom stereocenters. The van der Waals surface area contributed by atoms with Gasteiger partial charge in [-0.05, 0) is 40.5 Å². The van der Waals surface area contributed by atoms with Crippen molar-refractivity contribution in [3.8, 4) is 0 Å². The number of nitrogens with zero attached hydrogens (tertiary/aromatic N) is 1. The van der Waals surface area contributed by atoms with Gasteiger partial charge in [-0.25, -0.2) is 4.98 Å². The second-order valence-electron chi connectivity index (χ2n) is 3.85. The largest absolute Gasteiger partial charge is 0.378 e. The molecular formula is C11H14BrNO2. The van der Waals surface area contributed by atoms with Crippen molar-refractivity contribution in [1.29, 1.82) is 0 Å². The van der Waals surface area contributed by atoms with Gasteiger partial charge in [0.1, 0.15) is 10.2 Å². The van der Waals surface area contributed by atoms with Crippen LogP contribution in [0.4, 0.5) is 0 Å². The SMILES string of the molecule is CO[C@@]1(c2cc(C)cc(Br)n2)CCOC1. The Morgan fingerprint density at radius 1 is 1.53 bits per heavy atom. The molecule has 1 aromatic heterocycles. The zero-order valence-corrected chi connectivity index (χ0v) is 10.5. The standard InChI is InChI=1S/C11H14BrNO2/c1-8-5-9(13-10(12)6-8)11(14-2)3-4-15-7-11/h5-6H,3-4,7H2,1-2H3/t11-/m0/s1. The molecule has 3 nitrogen and oxygen atoms in total. The molecule has 0 saturated carbocycles. The minimum atomic E-state index is -0.353. The highest BCUT2D eigenvalue weighted by molar-refractivity contribution is 9.10. The Bertz CT molecular complexity index is 341. The zero-order valence-electron chi connectivity index (χ0n) is 8.92. The molecule has 82 valence electrons. The number of aromatic nitrogens is 1. The van der Waals surface area contributed by atoms with Gasteiger partial charge in [0.15, 0.2) is 0 Å². The van der Waals surface area contributed by atoms with Crippen LogP contribution < -0.4 is 0 Å². The second kappa shape index (κ2) is 4.20. The third-order valence-corrected chi connectivity index (χ3v) is 3.19. The van der Waals surface area contributed by atoms with Crippen LogP contribution in [0.2, 0.25) is 0 Å². The molecule has 0 aromatic carbocycles. The Labute approximate surface area is 97.9 Å². The van der Waals surface area contributed by atoms with E-state index in [0.29, 0.717) is 6.61 Å². The van der Waals surface area contributed by atoms with Crippen molar-refractivity contribution in [3.05, 3.63) is 28.0 Å². The Kier molecular flexibility index (Phi) is 3.09. The number of methoxy groups -OCH3 is 1. The van der Waals surface area contributed by atoms with Gasteiger partial charge in [-0.3, -0.25) is 0 Å². The number of ether oxygens (including phenoxy) is 2. The van der Waals surface area contributed by atoms with Crippen LogP contribution in [0.5, 0.6) is 0 Å². The summed E-state index contributed by atoms with van der Waals surface area (Å²) < 4.78 is 11.8. The topological polar surface area (TPSA) is 31.4 Å².